The van der Waals surface area contributed by atoms with Crippen molar-refractivity contribution in [3.8, 4) is 0 Å². The summed E-state index contributed by atoms with van der Waals surface area (Å²) in [6.45, 7) is 7.84. The Balaban J connectivity index is 2.46. The molecule has 1 unspecified atom stereocenters. The van der Waals surface area contributed by atoms with Crippen LogP contribution in [0.3, 0.4) is 0 Å². The molecular weight excluding hydrogens is 300 g/mol. The fourth-order valence-electron chi connectivity index (χ4n) is 1.97. The Kier molecular flexibility index (Phi) is 3.48. The maximum Gasteiger partial charge on any atom is 0.117 e. The van der Waals surface area contributed by atoms with Gasteiger partial charge in [0.15, 0.2) is 0 Å². The van der Waals surface area contributed by atoms with Crippen LogP contribution >= 0.6 is 27.3 Å². The number of aliphatic hydroxyl groups excluding tert-OH is 1. The number of rotatable bonds is 2. The van der Waals surface area contributed by atoms with Crippen molar-refractivity contribution in [2.75, 3.05) is 0 Å². The Morgan fingerprint density at radius 3 is 2.29 bits per heavy atom. The van der Waals surface area contributed by atoms with Crippen LogP contribution in [0.5, 0.6) is 0 Å². The molecule has 0 bridgehead atoms. The van der Waals surface area contributed by atoms with E-state index in [4.69, 9.17) is 4.42 Å². The van der Waals surface area contributed by atoms with Crippen molar-refractivity contribution in [2.45, 2.75) is 33.8 Å². The Hall–Kier alpha value is -0.580. The summed E-state index contributed by atoms with van der Waals surface area (Å²) in [6, 6.07) is 1.98. The topological polar surface area (TPSA) is 33.4 Å². The Bertz CT molecular complexity index is 535. The molecule has 2 aromatic rings. The van der Waals surface area contributed by atoms with E-state index in [0.717, 1.165) is 32.0 Å². The van der Waals surface area contributed by atoms with E-state index in [0.29, 0.717) is 0 Å². The van der Waals surface area contributed by atoms with Gasteiger partial charge >= 0.3 is 0 Å². The summed E-state index contributed by atoms with van der Waals surface area (Å²) in [5, 5.41) is 10.4. The van der Waals surface area contributed by atoms with Gasteiger partial charge in [0.25, 0.3) is 0 Å². The van der Waals surface area contributed by atoms with E-state index >= 15 is 0 Å². The van der Waals surface area contributed by atoms with E-state index in [1.54, 1.807) is 11.3 Å². The Morgan fingerprint density at radius 1 is 1.24 bits per heavy atom. The molecule has 0 radical (unpaired) electrons. The molecule has 1 N–H and O–H groups in total. The smallest absolute Gasteiger partial charge is 0.117 e. The van der Waals surface area contributed by atoms with Crippen LogP contribution in [0.15, 0.2) is 15.0 Å². The van der Waals surface area contributed by atoms with Gasteiger partial charge in [0.05, 0.1) is 0 Å². The lowest BCUT2D eigenvalue weighted by Gasteiger charge is -2.08. The van der Waals surface area contributed by atoms with Crippen molar-refractivity contribution in [3.05, 3.63) is 42.9 Å². The first-order chi connectivity index (χ1) is 7.91. The molecule has 2 rings (SSSR count). The number of hydrogen-bond acceptors (Lipinski definition) is 3. The Morgan fingerprint density at radius 2 is 1.88 bits per heavy atom. The van der Waals surface area contributed by atoms with E-state index in [1.807, 2.05) is 33.8 Å². The molecule has 1 atom stereocenters. The summed E-state index contributed by atoms with van der Waals surface area (Å²) in [4.78, 5) is 2.12. The second kappa shape index (κ2) is 4.59. The third-order valence-electron chi connectivity index (χ3n) is 3.04. The van der Waals surface area contributed by atoms with Crippen LogP contribution < -0.4 is 0 Å². The van der Waals surface area contributed by atoms with Crippen LogP contribution in [-0.2, 0) is 0 Å². The van der Waals surface area contributed by atoms with E-state index in [2.05, 4.69) is 15.9 Å². The van der Waals surface area contributed by atoms with Crippen LogP contribution in [0.1, 0.15) is 38.5 Å². The zero-order valence-corrected chi connectivity index (χ0v) is 12.7. The minimum atomic E-state index is -0.595. The highest BCUT2D eigenvalue weighted by Crippen LogP contribution is 2.37. The Labute approximate surface area is 113 Å². The lowest BCUT2D eigenvalue weighted by molar-refractivity contribution is 0.221. The summed E-state index contributed by atoms with van der Waals surface area (Å²) >= 11 is 5.08. The number of thiophene rings is 1. The van der Waals surface area contributed by atoms with Gasteiger partial charge in [-0.2, -0.15) is 0 Å². The molecule has 0 saturated carbocycles. The normalized spacial score (nSPS) is 13.1. The maximum absolute atomic E-state index is 10.4. The van der Waals surface area contributed by atoms with Gasteiger partial charge in [0.1, 0.15) is 17.6 Å². The van der Waals surface area contributed by atoms with Crippen molar-refractivity contribution < 1.29 is 9.52 Å². The first-order valence-electron chi connectivity index (χ1n) is 5.42. The van der Waals surface area contributed by atoms with Gasteiger partial charge in [-0.25, -0.2) is 0 Å². The largest absolute Gasteiger partial charge is 0.466 e. The van der Waals surface area contributed by atoms with Gasteiger partial charge < -0.3 is 9.52 Å². The monoisotopic (exact) mass is 314 g/mol. The molecular formula is C13H15BrO2S. The summed E-state index contributed by atoms with van der Waals surface area (Å²) in [7, 11) is 0. The molecule has 0 spiro atoms. The zero-order valence-electron chi connectivity index (χ0n) is 10.3. The molecule has 2 nitrogen and oxygen atoms in total. The van der Waals surface area contributed by atoms with Crippen molar-refractivity contribution in [1.82, 2.24) is 0 Å². The van der Waals surface area contributed by atoms with Crippen molar-refractivity contribution >= 4 is 27.3 Å². The molecule has 0 aliphatic heterocycles. The second-order valence-corrected chi connectivity index (χ2v) is 6.35. The molecule has 0 fully saturated rings. The van der Waals surface area contributed by atoms with Gasteiger partial charge in [-0.1, -0.05) is 0 Å². The summed E-state index contributed by atoms with van der Waals surface area (Å²) in [6.07, 6.45) is -0.595. The third-order valence-corrected chi connectivity index (χ3v) is 5.23. The third kappa shape index (κ3) is 2.21. The van der Waals surface area contributed by atoms with Crippen LogP contribution in [-0.4, -0.2) is 5.11 Å². The minimum absolute atomic E-state index is 0.595. The van der Waals surface area contributed by atoms with Gasteiger partial charge in [0.2, 0.25) is 0 Å². The van der Waals surface area contributed by atoms with Crippen molar-refractivity contribution in [2.24, 2.45) is 0 Å². The number of furan rings is 1. The average molecular weight is 315 g/mol. The first-order valence-corrected chi connectivity index (χ1v) is 7.03. The predicted octanol–water partition coefficient (Wildman–Crippen LogP) is 4.42. The summed E-state index contributed by atoms with van der Waals surface area (Å²) in [5.41, 5.74) is 1.94. The molecule has 0 aliphatic rings. The van der Waals surface area contributed by atoms with Crippen LogP contribution in [0, 0.1) is 27.7 Å². The molecule has 2 aromatic heterocycles. The minimum Gasteiger partial charge on any atom is -0.466 e. The van der Waals surface area contributed by atoms with Crippen LogP contribution in [0.4, 0.5) is 0 Å². The molecule has 92 valence electrons. The lowest BCUT2D eigenvalue weighted by atomic mass is 10.0. The summed E-state index contributed by atoms with van der Waals surface area (Å²) in [5.74, 6) is 1.68. The standard InChI is InChI=1S/C13H15BrO2S/c1-6-7(2)16-8(3)12(6)13(15)11-5-10(14)9(4)17-11/h5,13,15H,1-4H3. The number of halogens is 1. The average Bonchev–Trinajstić information content (AvgIpc) is 2.70. The molecule has 0 aliphatic carbocycles. The fraction of sp³-hybridized carbons (Fsp3) is 0.385. The van der Waals surface area contributed by atoms with E-state index in [-0.39, 0.29) is 0 Å². The highest BCUT2D eigenvalue weighted by Gasteiger charge is 2.22. The molecule has 0 aromatic carbocycles. The van der Waals surface area contributed by atoms with Crippen LogP contribution in [0.25, 0.3) is 0 Å². The molecule has 17 heavy (non-hydrogen) atoms. The summed E-state index contributed by atoms with van der Waals surface area (Å²) < 4.78 is 6.61. The number of hydrogen-bond donors (Lipinski definition) is 1. The van der Waals surface area contributed by atoms with Gasteiger partial charge in [-0.05, 0) is 55.3 Å². The lowest BCUT2D eigenvalue weighted by Crippen LogP contribution is -1.99. The number of aryl methyl sites for hydroxylation is 3. The van der Waals surface area contributed by atoms with Crippen LogP contribution in [0.2, 0.25) is 0 Å². The van der Waals surface area contributed by atoms with E-state index < -0.39 is 6.10 Å². The molecule has 2 heterocycles. The van der Waals surface area contributed by atoms with Gasteiger partial charge in [-0.3, -0.25) is 0 Å². The van der Waals surface area contributed by atoms with Crippen molar-refractivity contribution in [3.63, 3.8) is 0 Å². The van der Waals surface area contributed by atoms with E-state index in [9.17, 15) is 5.11 Å². The van der Waals surface area contributed by atoms with Crippen molar-refractivity contribution in [1.29, 1.82) is 0 Å². The number of aliphatic hydroxyl groups is 1. The molecule has 0 saturated heterocycles. The first kappa shape index (κ1) is 12.9. The van der Waals surface area contributed by atoms with Gasteiger partial charge in [0, 0.05) is 19.8 Å². The zero-order chi connectivity index (χ0) is 12.7. The second-order valence-electron chi connectivity index (χ2n) is 4.21. The highest BCUT2D eigenvalue weighted by molar-refractivity contribution is 9.10. The highest BCUT2D eigenvalue weighted by atomic mass is 79.9. The predicted molar refractivity (Wildman–Crippen MR) is 73.7 cm³/mol. The van der Waals surface area contributed by atoms with Gasteiger partial charge in [-0.15, -0.1) is 11.3 Å². The van der Waals surface area contributed by atoms with E-state index in [1.165, 1.54) is 4.88 Å². The molecule has 4 heteroatoms. The quantitative estimate of drug-likeness (QED) is 0.890. The molecule has 0 amide bonds. The SMILES string of the molecule is Cc1oc(C)c(C(O)c2cc(Br)c(C)s2)c1C. The fourth-order valence-corrected chi connectivity index (χ4v) is 3.53. The maximum atomic E-state index is 10.4.